The highest BCUT2D eigenvalue weighted by Crippen LogP contribution is 2.27. The second-order valence-corrected chi connectivity index (χ2v) is 6.78. The standard InChI is InChI=1S/C22H21N3O3/c1-14(2)18-9-8-15(3)10-20(18)28-13-21(26)25-23-12-17-11-16-6-4-5-7-19(16)24-22(17)27/h4-11,14H,13H2,1-3H3,(H,25,26). The van der Waals surface area contributed by atoms with E-state index in [-0.39, 0.29) is 18.1 Å². The number of benzene rings is 2. The summed E-state index contributed by atoms with van der Waals surface area (Å²) in [4.78, 5) is 28.0. The third kappa shape index (κ3) is 4.61. The highest BCUT2D eigenvalue weighted by molar-refractivity contribution is 6.10. The number of aryl methyl sites for hydroxylation is 1. The van der Waals surface area contributed by atoms with E-state index in [0.29, 0.717) is 11.1 Å². The highest BCUT2D eigenvalue weighted by Gasteiger charge is 2.11. The predicted molar refractivity (Wildman–Crippen MR) is 107 cm³/mol. The Morgan fingerprint density at radius 1 is 1.25 bits per heavy atom. The summed E-state index contributed by atoms with van der Waals surface area (Å²) < 4.78 is 5.65. The lowest BCUT2D eigenvalue weighted by Gasteiger charge is -2.14. The van der Waals surface area contributed by atoms with Crippen LogP contribution in [0.15, 0.2) is 58.1 Å². The van der Waals surface area contributed by atoms with Gasteiger partial charge in [-0.25, -0.2) is 10.4 Å². The maximum absolute atomic E-state index is 12.0. The number of ether oxygens (including phenoxy) is 1. The molecule has 0 aliphatic carbocycles. The molecule has 0 spiro atoms. The van der Waals surface area contributed by atoms with Gasteiger partial charge in [-0.05, 0) is 42.2 Å². The van der Waals surface area contributed by atoms with Crippen LogP contribution in [0.4, 0.5) is 0 Å². The van der Waals surface area contributed by atoms with Gasteiger partial charge in [0.1, 0.15) is 11.3 Å². The predicted octanol–water partition coefficient (Wildman–Crippen LogP) is 1.77. The van der Waals surface area contributed by atoms with Crippen molar-refractivity contribution in [2.75, 3.05) is 6.61 Å². The molecular formula is C22H21N3O3. The number of hydrazone groups is 1. The lowest BCUT2D eigenvalue weighted by molar-refractivity contribution is -0.123. The molecular weight excluding hydrogens is 354 g/mol. The first-order valence-electron chi connectivity index (χ1n) is 8.99. The third-order valence-corrected chi connectivity index (χ3v) is 4.20. The molecule has 3 rings (SSSR count). The molecule has 1 aliphatic rings. The normalized spacial score (nSPS) is 12.4. The quantitative estimate of drug-likeness (QED) is 0.491. The molecule has 2 aromatic carbocycles. The van der Waals surface area contributed by atoms with Crippen LogP contribution in [-0.4, -0.2) is 24.3 Å². The van der Waals surface area contributed by atoms with Crippen molar-refractivity contribution in [3.8, 4) is 5.75 Å². The Labute approximate surface area is 163 Å². The van der Waals surface area contributed by atoms with Gasteiger partial charge in [-0.15, -0.1) is 5.10 Å². The smallest absolute Gasteiger partial charge is 0.287 e. The molecule has 0 radical (unpaired) electrons. The number of nitrogens with one attached hydrogen (secondary N) is 1. The van der Waals surface area contributed by atoms with Crippen molar-refractivity contribution in [2.45, 2.75) is 26.7 Å². The van der Waals surface area contributed by atoms with Crippen molar-refractivity contribution < 1.29 is 14.3 Å². The molecule has 2 aromatic rings. The maximum Gasteiger partial charge on any atom is 0.287 e. The molecule has 6 heteroatoms. The lowest BCUT2D eigenvalue weighted by atomic mass is 10.0. The topological polar surface area (TPSA) is 80.1 Å². The summed E-state index contributed by atoms with van der Waals surface area (Å²) in [6, 6.07) is 13.2. The van der Waals surface area contributed by atoms with Crippen LogP contribution in [0.25, 0.3) is 6.08 Å². The van der Waals surface area contributed by atoms with Crippen LogP contribution in [0, 0.1) is 6.92 Å². The number of hydrogen-bond acceptors (Lipinski definition) is 4. The zero-order valence-electron chi connectivity index (χ0n) is 16.0. The second-order valence-electron chi connectivity index (χ2n) is 6.78. The molecule has 0 atom stereocenters. The minimum absolute atomic E-state index is 0.181. The van der Waals surface area contributed by atoms with Gasteiger partial charge in [0.25, 0.3) is 11.8 Å². The zero-order chi connectivity index (χ0) is 20.1. The van der Waals surface area contributed by atoms with Gasteiger partial charge in [0, 0.05) is 11.1 Å². The molecule has 0 aromatic heterocycles. The second kappa shape index (κ2) is 8.46. The van der Waals surface area contributed by atoms with Crippen molar-refractivity contribution in [1.82, 2.24) is 5.43 Å². The van der Waals surface area contributed by atoms with Crippen molar-refractivity contribution >= 4 is 23.8 Å². The van der Waals surface area contributed by atoms with E-state index in [1.165, 1.54) is 0 Å². The van der Waals surface area contributed by atoms with E-state index in [1.807, 2.05) is 43.3 Å². The lowest BCUT2D eigenvalue weighted by Crippen LogP contribution is -2.30. The van der Waals surface area contributed by atoms with E-state index >= 15 is 0 Å². The molecule has 1 N–H and O–H groups in total. The number of rotatable bonds is 5. The fourth-order valence-electron chi connectivity index (χ4n) is 2.75. The average molecular weight is 375 g/mol. The number of hydrogen-bond donors (Lipinski definition) is 1. The van der Waals surface area contributed by atoms with Gasteiger partial charge in [0.05, 0.1) is 5.36 Å². The fraction of sp³-hybridized carbons (Fsp3) is 0.227. The Morgan fingerprint density at radius 3 is 2.82 bits per heavy atom. The Hall–Kier alpha value is -3.50. The first-order chi connectivity index (χ1) is 13.4. The van der Waals surface area contributed by atoms with Crippen LogP contribution in [0.3, 0.4) is 0 Å². The summed E-state index contributed by atoms with van der Waals surface area (Å²) in [7, 11) is 0. The molecule has 28 heavy (non-hydrogen) atoms. The van der Waals surface area contributed by atoms with Gasteiger partial charge >= 0.3 is 0 Å². The maximum atomic E-state index is 12.0. The molecule has 0 unspecified atom stereocenters. The molecule has 0 bridgehead atoms. The van der Waals surface area contributed by atoms with E-state index in [0.717, 1.165) is 16.3 Å². The van der Waals surface area contributed by atoms with Crippen LogP contribution >= 0.6 is 0 Å². The largest absolute Gasteiger partial charge is 0.483 e. The molecule has 0 saturated heterocycles. The first kappa shape index (κ1) is 19.3. The van der Waals surface area contributed by atoms with E-state index < -0.39 is 11.8 Å². The summed E-state index contributed by atoms with van der Waals surface area (Å²) in [6.07, 6.45) is 1.64. The van der Waals surface area contributed by atoms with E-state index in [1.54, 1.807) is 12.1 Å². The Morgan fingerprint density at radius 2 is 2.04 bits per heavy atom. The number of para-hydroxylation sites is 1. The van der Waals surface area contributed by atoms with Crippen LogP contribution < -0.4 is 20.7 Å². The van der Waals surface area contributed by atoms with Gasteiger partial charge < -0.3 is 4.74 Å². The molecule has 1 heterocycles. The van der Waals surface area contributed by atoms with Gasteiger partial charge in [0.15, 0.2) is 6.61 Å². The van der Waals surface area contributed by atoms with Gasteiger partial charge in [0.2, 0.25) is 0 Å². The summed E-state index contributed by atoms with van der Waals surface area (Å²) >= 11 is 0. The number of carbonyl (C=O) groups is 2. The zero-order valence-corrected chi connectivity index (χ0v) is 16.0. The van der Waals surface area contributed by atoms with Crippen LogP contribution in [0.1, 0.15) is 30.9 Å². The molecule has 142 valence electrons. The molecule has 0 saturated carbocycles. The van der Waals surface area contributed by atoms with Gasteiger partial charge in [-0.1, -0.05) is 44.2 Å². The number of carbonyl (C=O) groups excluding carboxylic acids is 2. The Bertz CT molecular complexity index is 1110. The van der Waals surface area contributed by atoms with Crippen molar-refractivity contribution in [2.24, 2.45) is 10.1 Å². The molecule has 6 nitrogen and oxygen atoms in total. The summed E-state index contributed by atoms with van der Waals surface area (Å²) in [5.41, 5.74) is 4.59. The van der Waals surface area contributed by atoms with E-state index in [4.69, 9.17) is 4.74 Å². The number of nitrogens with zero attached hydrogens (tertiary/aromatic N) is 2. The minimum atomic E-state index is -0.450. The Kier molecular flexibility index (Phi) is 5.82. The van der Waals surface area contributed by atoms with Crippen molar-refractivity contribution in [3.05, 3.63) is 69.7 Å². The summed E-state index contributed by atoms with van der Waals surface area (Å²) in [6.45, 7) is 5.91. The third-order valence-electron chi connectivity index (χ3n) is 4.20. The SMILES string of the molecule is Cc1ccc(C(C)C)c(OCC(=O)NN=C=C2C=c3ccccc3=NC2=O)c1. The van der Waals surface area contributed by atoms with E-state index in [9.17, 15) is 9.59 Å². The number of fused-ring (bicyclic) bond motifs is 1. The van der Waals surface area contributed by atoms with Crippen LogP contribution in [0.2, 0.25) is 0 Å². The average Bonchev–Trinajstić information content (AvgIpc) is 2.66. The molecule has 0 fully saturated rings. The van der Waals surface area contributed by atoms with Crippen molar-refractivity contribution in [1.29, 1.82) is 0 Å². The molecule has 2 amide bonds. The summed E-state index contributed by atoms with van der Waals surface area (Å²) in [5.74, 6) is 2.60. The minimum Gasteiger partial charge on any atom is -0.483 e. The van der Waals surface area contributed by atoms with Crippen molar-refractivity contribution in [3.63, 3.8) is 0 Å². The number of amides is 2. The summed E-state index contributed by atoms with van der Waals surface area (Å²) in [5, 5.41) is 5.13. The first-order valence-corrected chi connectivity index (χ1v) is 8.99. The van der Waals surface area contributed by atoms with E-state index in [2.05, 4.69) is 35.2 Å². The van der Waals surface area contributed by atoms with Crippen LogP contribution in [-0.2, 0) is 9.59 Å². The highest BCUT2D eigenvalue weighted by atomic mass is 16.5. The molecule has 1 aliphatic heterocycles. The van der Waals surface area contributed by atoms with Crippen LogP contribution in [0.5, 0.6) is 5.75 Å². The Balaban J connectivity index is 1.67. The fourth-order valence-corrected chi connectivity index (χ4v) is 2.75. The monoisotopic (exact) mass is 375 g/mol. The van der Waals surface area contributed by atoms with Gasteiger partial charge in [-0.3, -0.25) is 9.59 Å². The van der Waals surface area contributed by atoms with Gasteiger partial charge in [-0.2, -0.15) is 0 Å².